The number of carbonyl (C=O) groups is 1. The molecule has 0 aliphatic rings. The number of hydrogen-bond acceptors (Lipinski definition) is 7. The number of carbonyl (C=O) groups excluding carboxylic acids is 1. The maximum Gasteiger partial charge on any atom is 0.276 e. The van der Waals surface area contributed by atoms with E-state index >= 15 is 0 Å². The molecule has 5 N–H and O–H groups in total. The van der Waals surface area contributed by atoms with E-state index in [4.69, 9.17) is 33.7 Å². The molecule has 0 fully saturated rings. The van der Waals surface area contributed by atoms with Crippen LogP contribution in [-0.4, -0.2) is 22.5 Å². The molecule has 8 nitrogen and oxygen atoms in total. The van der Waals surface area contributed by atoms with Crippen LogP contribution in [0.1, 0.15) is 0 Å². The fourth-order valence-electron chi connectivity index (χ4n) is 2.21. The molecule has 156 valence electrons. The van der Waals surface area contributed by atoms with Gasteiger partial charge in [-0.1, -0.05) is 23.2 Å². The number of nitrogens with one attached hydrogen (secondary N) is 3. The van der Waals surface area contributed by atoms with Crippen molar-refractivity contribution in [2.45, 2.75) is 0 Å². The zero-order valence-electron chi connectivity index (χ0n) is 15.0. The second-order valence-corrected chi connectivity index (χ2v) is 6.61. The lowest BCUT2D eigenvalue weighted by Crippen LogP contribution is -2.34. The largest absolute Gasteiger partial charge is 0.482 e. The number of aromatic nitrogens is 2. The van der Waals surface area contributed by atoms with Crippen molar-refractivity contribution in [1.29, 1.82) is 0 Å². The molecule has 0 saturated carbocycles. The second kappa shape index (κ2) is 9.42. The second-order valence-electron chi connectivity index (χ2n) is 5.77. The van der Waals surface area contributed by atoms with E-state index in [-0.39, 0.29) is 40.4 Å². The summed E-state index contributed by atoms with van der Waals surface area (Å²) in [6, 6.07) is 7.56. The smallest absolute Gasteiger partial charge is 0.276 e. The third kappa shape index (κ3) is 5.37. The van der Waals surface area contributed by atoms with Crippen LogP contribution in [0, 0.1) is 11.6 Å². The van der Waals surface area contributed by atoms with Crippen LogP contribution in [0.25, 0.3) is 0 Å². The van der Waals surface area contributed by atoms with E-state index in [1.54, 1.807) is 6.07 Å². The van der Waals surface area contributed by atoms with Crippen molar-refractivity contribution in [2.24, 2.45) is 0 Å². The molecule has 12 heteroatoms. The van der Waals surface area contributed by atoms with Crippen LogP contribution in [0.3, 0.4) is 0 Å². The van der Waals surface area contributed by atoms with Crippen LogP contribution in [0.5, 0.6) is 5.75 Å². The van der Waals surface area contributed by atoms with Gasteiger partial charge in [0.15, 0.2) is 18.2 Å². The number of nitrogen functional groups attached to an aromatic ring is 1. The Balaban J connectivity index is 1.60. The van der Waals surface area contributed by atoms with Crippen molar-refractivity contribution in [3.63, 3.8) is 0 Å². The highest BCUT2D eigenvalue weighted by Crippen LogP contribution is 2.28. The molecule has 0 unspecified atom stereocenters. The molecule has 3 aromatic rings. The highest BCUT2D eigenvalue weighted by Gasteiger charge is 2.12. The van der Waals surface area contributed by atoms with E-state index in [1.165, 1.54) is 18.2 Å². The first kappa shape index (κ1) is 21.3. The van der Waals surface area contributed by atoms with Crippen molar-refractivity contribution in [3.8, 4) is 5.75 Å². The van der Waals surface area contributed by atoms with Gasteiger partial charge in [0.05, 0.1) is 10.7 Å². The van der Waals surface area contributed by atoms with Crippen molar-refractivity contribution in [1.82, 2.24) is 15.4 Å². The minimum atomic E-state index is -0.825. The van der Waals surface area contributed by atoms with Crippen LogP contribution in [0.4, 0.5) is 31.8 Å². The van der Waals surface area contributed by atoms with Gasteiger partial charge in [-0.15, -0.1) is 0 Å². The van der Waals surface area contributed by atoms with Gasteiger partial charge in [-0.05, 0) is 30.3 Å². The number of nitrogens with zero attached hydrogens (tertiary/aromatic N) is 2. The predicted octanol–water partition coefficient (Wildman–Crippen LogP) is 3.91. The number of rotatable bonds is 7. The maximum absolute atomic E-state index is 13.8. The first-order chi connectivity index (χ1) is 14.3. The molecule has 1 amide bonds. The van der Waals surface area contributed by atoms with E-state index in [2.05, 4.69) is 26.1 Å². The molecule has 3 rings (SSSR count). The number of ether oxygens (including phenoxy) is 1. The molecule has 2 aromatic carbocycles. The van der Waals surface area contributed by atoms with Gasteiger partial charge in [0.2, 0.25) is 0 Å². The lowest BCUT2D eigenvalue weighted by molar-refractivity contribution is -0.122. The summed E-state index contributed by atoms with van der Waals surface area (Å²) in [5.41, 5.74) is 10.8. The van der Waals surface area contributed by atoms with E-state index in [0.717, 1.165) is 12.4 Å². The minimum Gasteiger partial charge on any atom is -0.482 e. The molecule has 0 spiro atoms. The molecule has 0 aliphatic heterocycles. The molecule has 0 atom stereocenters. The van der Waals surface area contributed by atoms with E-state index in [0.29, 0.717) is 11.1 Å². The molecule has 1 aromatic heterocycles. The summed E-state index contributed by atoms with van der Waals surface area (Å²) >= 11 is 11.8. The Kier molecular flexibility index (Phi) is 6.70. The number of benzene rings is 2. The summed E-state index contributed by atoms with van der Waals surface area (Å²) in [7, 11) is 0. The summed E-state index contributed by atoms with van der Waals surface area (Å²) < 4.78 is 32.1. The minimum absolute atomic E-state index is 0.0109. The Hall–Kier alpha value is -3.37. The topological polar surface area (TPSA) is 114 Å². The van der Waals surface area contributed by atoms with E-state index in [9.17, 15) is 13.6 Å². The van der Waals surface area contributed by atoms with Crippen LogP contribution < -0.4 is 26.6 Å². The molecule has 30 heavy (non-hydrogen) atoms. The first-order valence-corrected chi connectivity index (χ1v) is 9.04. The summed E-state index contributed by atoms with van der Waals surface area (Å²) in [5.74, 6) is -1.72. The van der Waals surface area contributed by atoms with Gasteiger partial charge in [0, 0.05) is 11.1 Å². The average molecular weight is 455 g/mol. The molecular weight excluding hydrogens is 441 g/mol. The zero-order valence-corrected chi connectivity index (χ0v) is 16.6. The summed E-state index contributed by atoms with van der Waals surface area (Å²) in [6.07, 6.45) is 1.14. The van der Waals surface area contributed by atoms with Crippen LogP contribution >= 0.6 is 23.2 Å². The first-order valence-electron chi connectivity index (χ1n) is 8.28. The standard InChI is InChI=1S/C18H14Cl2F2N6O2/c19-9-1-4-14(11(20)5-9)30-7-15(29)27-28-18-16(23)17(24-8-25-18)26-13-3-2-10(21)6-12(13)22/h1-6,8H,7,23H2,(H,27,29)(H2,24,25,26,28). The lowest BCUT2D eigenvalue weighted by atomic mass is 10.3. The van der Waals surface area contributed by atoms with Gasteiger partial charge in [-0.25, -0.2) is 18.7 Å². The summed E-state index contributed by atoms with van der Waals surface area (Å²) in [6.45, 7) is -0.356. The quantitative estimate of drug-likeness (QED) is 0.400. The van der Waals surface area contributed by atoms with E-state index < -0.39 is 17.5 Å². The monoisotopic (exact) mass is 454 g/mol. The molecule has 0 bridgehead atoms. The van der Waals surface area contributed by atoms with Crippen molar-refractivity contribution in [2.75, 3.05) is 23.1 Å². The van der Waals surface area contributed by atoms with Gasteiger partial charge in [0.1, 0.15) is 29.4 Å². The van der Waals surface area contributed by atoms with Crippen LogP contribution in [0.15, 0.2) is 42.7 Å². The highest BCUT2D eigenvalue weighted by molar-refractivity contribution is 6.35. The maximum atomic E-state index is 13.8. The SMILES string of the molecule is Nc1c(NNC(=O)COc2ccc(Cl)cc2Cl)ncnc1Nc1ccc(F)cc1F. The van der Waals surface area contributed by atoms with Gasteiger partial charge in [-0.2, -0.15) is 0 Å². The molecular formula is C18H14Cl2F2N6O2. The van der Waals surface area contributed by atoms with Crippen molar-refractivity contribution >= 4 is 52.1 Å². The predicted molar refractivity (Wildman–Crippen MR) is 110 cm³/mol. The van der Waals surface area contributed by atoms with Crippen molar-refractivity contribution in [3.05, 3.63) is 64.4 Å². The molecule has 0 radical (unpaired) electrons. The lowest BCUT2D eigenvalue weighted by Gasteiger charge is -2.14. The summed E-state index contributed by atoms with van der Waals surface area (Å²) in [4.78, 5) is 19.8. The summed E-state index contributed by atoms with van der Waals surface area (Å²) in [5, 5.41) is 3.32. The number of amides is 1. The van der Waals surface area contributed by atoms with Crippen LogP contribution in [0.2, 0.25) is 10.0 Å². The number of anilines is 4. The van der Waals surface area contributed by atoms with Gasteiger partial charge < -0.3 is 15.8 Å². The third-order valence-corrected chi connectivity index (χ3v) is 4.17. The number of halogens is 4. The fraction of sp³-hybridized carbons (Fsp3) is 0.0556. The molecule has 1 heterocycles. The molecule has 0 saturated heterocycles. The van der Waals surface area contributed by atoms with Crippen LogP contribution in [-0.2, 0) is 4.79 Å². The highest BCUT2D eigenvalue weighted by atomic mass is 35.5. The Bertz CT molecular complexity index is 1090. The Labute approximate surface area is 179 Å². The van der Waals surface area contributed by atoms with Gasteiger partial charge in [-0.3, -0.25) is 15.6 Å². The third-order valence-electron chi connectivity index (χ3n) is 3.64. The average Bonchev–Trinajstić information content (AvgIpc) is 2.70. The molecule has 0 aliphatic carbocycles. The normalized spacial score (nSPS) is 10.4. The van der Waals surface area contributed by atoms with E-state index in [1.807, 2.05) is 0 Å². The Morgan fingerprint density at radius 1 is 1.10 bits per heavy atom. The Morgan fingerprint density at radius 3 is 2.60 bits per heavy atom. The Morgan fingerprint density at radius 2 is 1.87 bits per heavy atom. The fourth-order valence-corrected chi connectivity index (χ4v) is 2.68. The van der Waals surface area contributed by atoms with Crippen molar-refractivity contribution < 1.29 is 18.3 Å². The van der Waals surface area contributed by atoms with Gasteiger partial charge in [0.25, 0.3) is 5.91 Å². The number of hydrogen-bond donors (Lipinski definition) is 4. The zero-order chi connectivity index (χ0) is 21.7. The van der Waals surface area contributed by atoms with Gasteiger partial charge >= 0.3 is 0 Å². The number of hydrazine groups is 1. The number of nitrogens with two attached hydrogens (primary N) is 1.